The summed E-state index contributed by atoms with van der Waals surface area (Å²) in [5, 5.41) is 18.2. The van der Waals surface area contributed by atoms with Crippen LogP contribution >= 0.6 is 0 Å². The van der Waals surface area contributed by atoms with Crippen molar-refractivity contribution in [2.45, 2.75) is 52.6 Å². The number of carboxylic acid groups (broad SMARTS) is 2. The molecule has 0 saturated carbocycles. The van der Waals surface area contributed by atoms with Crippen LogP contribution < -0.4 is 0 Å². The van der Waals surface area contributed by atoms with E-state index in [0.29, 0.717) is 45.4 Å². The topological polar surface area (TPSA) is 106 Å². The fourth-order valence-corrected chi connectivity index (χ4v) is 5.17. The van der Waals surface area contributed by atoms with Crippen LogP contribution in [0, 0.1) is 0 Å². The third-order valence-corrected chi connectivity index (χ3v) is 6.67. The predicted octanol–water partition coefficient (Wildman–Crippen LogP) is 1.67. The van der Waals surface area contributed by atoms with Gasteiger partial charge in [0.1, 0.15) is 6.04 Å². The van der Waals surface area contributed by atoms with Gasteiger partial charge in [0.15, 0.2) is 0 Å². The maximum absolute atomic E-state index is 11.3. The number of aliphatic carboxylic acids is 2. The maximum Gasteiger partial charge on any atom is 0.500 e. The van der Waals surface area contributed by atoms with E-state index in [1.807, 2.05) is 27.7 Å². The van der Waals surface area contributed by atoms with Crippen molar-refractivity contribution in [2.75, 3.05) is 32.9 Å². The second kappa shape index (κ2) is 12.4. The van der Waals surface area contributed by atoms with E-state index in [4.69, 9.17) is 18.4 Å². The zero-order valence-corrected chi connectivity index (χ0v) is 16.1. The van der Waals surface area contributed by atoms with Gasteiger partial charge in [0.05, 0.1) is 6.42 Å². The summed E-state index contributed by atoms with van der Waals surface area (Å²) >= 11 is 0. The molecule has 0 aromatic heterocycles. The normalized spacial score (nSPS) is 13.2. The van der Waals surface area contributed by atoms with Crippen molar-refractivity contribution in [3.8, 4) is 0 Å². The monoisotopic (exact) mass is 365 g/mol. The van der Waals surface area contributed by atoms with Crippen molar-refractivity contribution in [2.24, 2.45) is 0 Å². The van der Waals surface area contributed by atoms with Crippen molar-refractivity contribution in [3.63, 3.8) is 0 Å². The molecule has 1 atom stereocenters. The Hall–Kier alpha value is -1.00. The van der Waals surface area contributed by atoms with Crippen LogP contribution in [0.1, 0.15) is 40.5 Å². The van der Waals surface area contributed by atoms with E-state index >= 15 is 0 Å². The quantitative estimate of drug-likeness (QED) is 0.422. The third-order valence-electron chi connectivity index (χ3n) is 3.52. The minimum Gasteiger partial charge on any atom is -0.481 e. The van der Waals surface area contributed by atoms with Crippen molar-refractivity contribution in [1.82, 2.24) is 4.90 Å². The summed E-state index contributed by atoms with van der Waals surface area (Å²) in [6, 6.07) is -0.465. The zero-order valence-electron chi connectivity index (χ0n) is 15.1. The molecular formula is C15H31NO7Si. The van der Waals surface area contributed by atoms with Gasteiger partial charge in [0.25, 0.3) is 0 Å². The van der Waals surface area contributed by atoms with Crippen LogP contribution in [0.2, 0.25) is 6.04 Å². The highest BCUT2D eigenvalue weighted by atomic mass is 28.4. The summed E-state index contributed by atoms with van der Waals surface area (Å²) in [6.07, 6.45) is 0.192. The Kier molecular flexibility index (Phi) is 11.9. The molecular weight excluding hydrogens is 334 g/mol. The number of carboxylic acids is 2. The van der Waals surface area contributed by atoms with Gasteiger partial charge in [-0.1, -0.05) is 6.92 Å². The van der Waals surface area contributed by atoms with E-state index in [2.05, 4.69) is 0 Å². The van der Waals surface area contributed by atoms with Crippen molar-refractivity contribution in [3.05, 3.63) is 0 Å². The number of hydrogen-bond donors (Lipinski definition) is 2. The number of hydrogen-bond acceptors (Lipinski definition) is 6. The Morgan fingerprint density at radius 3 is 1.83 bits per heavy atom. The highest BCUT2D eigenvalue weighted by Crippen LogP contribution is 2.19. The smallest absolute Gasteiger partial charge is 0.481 e. The van der Waals surface area contributed by atoms with Crippen LogP contribution in [-0.2, 0) is 22.9 Å². The first kappa shape index (κ1) is 23.0. The fraction of sp³-hybridized carbons (Fsp3) is 0.867. The highest BCUT2D eigenvalue weighted by molar-refractivity contribution is 6.60. The average Bonchev–Trinajstić information content (AvgIpc) is 2.50. The number of carbonyl (C=O) groups is 2. The molecule has 2 N–H and O–H groups in total. The van der Waals surface area contributed by atoms with Gasteiger partial charge in [-0.15, -0.1) is 0 Å². The van der Waals surface area contributed by atoms with Gasteiger partial charge in [-0.3, -0.25) is 14.5 Å². The van der Waals surface area contributed by atoms with Crippen LogP contribution in [0.25, 0.3) is 0 Å². The van der Waals surface area contributed by atoms with Crippen LogP contribution in [0.4, 0.5) is 0 Å². The first-order valence-electron chi connectivity index (χ1n) is 8.46. The molecule has 8 nitrogen and oxygen atoms in total. The predicted molar refractivity (Wildman–Crippen MR) is 91.0 cm³/mol. The molecule has 142 valence electrons. The summed E-state index contributed by atoms with van der Waals surface area (Å²) in [5.74, 6) is -2.25. The van der Waals surface area contributed by atoms with Crippen LogP contribution in [-0.4, -0.2) is 74.8 Å². The van der Waals surface area contributed by atoms with Crippen molar-refractivity contribution in [1.29, 1.82) is 0 Å². The Balaban J connectivity index is 4.83. The van der Waals surface area contributed by atoms with E-state index in [-0.39, 0.29) is 0 Å². The van der Waals surface area contributed by atoms with Crippen LogP contribution in [0.15, 0.2) is 0 Å². The number of likely N-dealkylation sites (N-methyl/N-ethyl adjacent to an activating group) is 1. The Bertz CT molecular complexity index is 364. The van der Waals surface area contributed by atoms with E-state index in [0.717, 1.165) is 0 Å². The Morgan fingerprint density at radius 1 is 1.00 bits per heavy atom. The van der Waals surface area contributed by atoms with Crippen LogP contribution in [0.5, 0.6) is 0 Å². The number of nitrogens with zero attached hydrogens (tertiary/aromatic N) is 1. The lowest BCUT2D eigenvalue weighted by Gasteiger charge is -2.30. The van der Waals surface area contributed by atoms with Gasteiger partial charge in [-0.05, 0) is 40.3 Å². The van der Waals surface area contributed by atoms with Gasteiger partial charge < -0.3 is 23.5 Å². The second-order valence-corrected chi connectivity index (χ2v) is 7.90. The molecule has 9 heteroatoms. The van der Waals surface area contributed by atoms with E-state index in [1.165, 1.54) is 0 Å². The van der Waals surface area contributed by atoms with Gasteiger partial charge in [0, 0.05) is 25.9 Å². The van der Waals surface area contributed by atoms with Crippen molar-refractivity contribution >= 4 is 20.7 Å². The summed E-state index contributed by atoms with van der Waals surface area (Å²) in [7, 11) is -2.76. The van der Waals surface area contributed by atoms with Gasteiger partial charge in [0.2, 0.25) is 0 Å². The molecule has 0 aromatic rings. The van der Waals surface area contributed by atoms with Gasteiger partial charge in [-0.2, -0.15) is 0 Å². The number of rotatable bonds is 15. The van der Waals surface area contributed by atoms with Crippen molar-refractivity contribution < 1.29 is 33.1 Å². The molecule has 0 aliphatic rings. The Morgan fingerprint density at radius 2 is 1.50 bits per heavy atom. The second-order valence-electron chi connectivity index (χ2n) is 5.17. The summed E-state index contributed by atoms with van der Waals surface area (Å²) in [6.45, 7) is 9.82. The molecule has 24 heavy (non-hydrogen) atoms. The molecule has 1 unspecified atom stereocenters. The molecule has 0 bridgehead atoms. The summed E-state index contributed by atoms with van der Waals surface area (Å²) in [4.78, 5) is 23.9. The molecule has 0 radical (unpaired) electrons. The van der Waals surface area contributed by atoms with E-state index in [9.17, 15) is 14.7 Å². The molecule has 0 rings (SSSR count). The maximum atomic E-state index is 11.3. The first-order chi connectivity index (χ1) is 11.4. The Labute approximate surface area is 145 Å². The lowest BCUT2D eigenvalue weighted by atomic mass is 10.1. The van der Waals surface area contributed by atoms with Gasteiger partial charge >= 0.3 is 20.7 Å². The SMILES string of the molecule is CCO[Si](CCCN(CC)C(CC(=O)O)C(=O)O)(OCC)OCC. The largest absolute Gasteiger partial charge is 0.500 e. The summed E-state index contributed by atoms with van der Waals surface area (Å²) < 4.78 is 17.3. The van der Waals surface area contributed by atoms with E-state index < -0.39 is 33.2 Å². The molecule has 0 spiro atoms. The lowest BCUT2D eigenvalue weighted by molar-refractivity contribution is -0.149. The van der Waals surface area contributed by atoms with Crippen LogP contribution in [0.3, 0.4) is 0 Å². The fourth-order valence-electron chi connectivity index (χ4n) is 2.57. The molecule has 0 aromatic carbocycles. The standard InChI is InChI=1S/C15H31NO7Si/c1-5-16(13(15(19)20)12-14(17)18)10-9-11-24(21-6-2,22-7-3)23-8-4/h13H,5-12H2,1-4H3,(H,17,18)(H,19,20). The molecule has 0 saturated heterocycles. The molecule has 0 aliphatic carbocycles. The molecule has 0 amide bonds. The average molecular weight is 365 g/mol. The molecule has 0 aliphatic heterocycles. The lowest BCUT2D eigenvalue weighted by Crippen LogP contribution is -2.47. The minimum atomic E-state index is -2.76. The third kappa shape index (κ3) is 8.20. The van der Waals surface area contributed by atoms with Gasteiger partial charge in [-0.25, -0.2) is 0 Å². The zero-order chi connectivity index (χ0) is 18.6. The molecule has 0 fully saturated rings. The summed E-state index contributed by atoms with van der Waals surface area (Å²) in [5.41, 5.74) is 0. The molecule has 0 heterocycles. The van der Waals surface area contributed by atoms with E-state index in [1.54, 1.807) is 4.90 Å². The first-order valence-corrected chi connectivity index (χ1v) is 10.4. The minimum absolute atomic E-state index is 0.422. The highest BCUT2D eigenvalue weighted by Gasteiger charge is 2.40.